The van der Waals surface area contributed by atoms with Gasteiger partial charge in [-0.1, -0.05) is 15.9 Å². The molecule has 2 N–H and O–H groups in total. The maximum atomic E-state index is 5.73. The summed E-state index contributed by atoms with van der Waals surface area (Å²) in [6.45, 7) is 1.99. The number of nitrogens with two attached hydrogens (primary N) is 1. The van der Waals surface area contributed by atoms with Crippen molar-refractivity contribution >= 4 is 15.9 Å². The molecule has 0 aliphatic heterocycles. The first-order chi connectivity index (χ1) is 6.13. The topological polar surface area (TPSA) is 35.2 Å². The summed E-state index contributed by atoms with van der Waals surface area (Å²) >= 11 is 3.42. The van der Waals surface area contributed by atoms with E-state index in [9.17, 15) is 0 Å². The van der Waals surface area contributed by atoms with E-state index < -0.39 is 0 Å². The van der Waals surface area contributed by atoms with Gasteiger partial charge >= 0.3 is 0 Å². The Bertz CT molecular complexity index is 286. The third-order valence-corrected chi connectivity index (χ3v) is 2.28. The number of benzene rings is 1. The van der Waals surface area contributed by atoms with E-state index in [1.54, 1.807) is 7.11 Å². The van der Waals surface area contributed by atoms with Crippen molar-refractivity contribution in [1.82, 2.24) is 0 Å². The highest BCUT2D eigenvalue weighted by Gasteiger charge is 2.05. The second kappa shape index (κ2) is 4.63. The molecule has 1 rings (SSSR count). The van der Waals surface area contributed by atoms with Crippen molar-refractivity contribution in [3.05, 3.63) is 28.2 Å². The van der Waals surface area contributed by atoms with Crippen molar-refractivity contribution in [1.29, 1.82) is 0 Å². The average Bonchev–Trinajstić information content (AvgIpc) is 2.03. The summed E-state index contributed by atoms with van der Waals surface area (Å²) in [6, 6.07) is 6.11. The predicted octanol–water partition coefficient (Wildman–Crippen LogP) is 2.35. The molecule has 1 aromatic carbocycles. The van der Waals surface area contributed by atoms with Crippen LogP contribution in [0.1, 0.15) is 12.5 Å². The van der Waals surface area contributed by atoms with Gasteiger partial charge in [0.1, 0.15) is 5.75 Å². The van der Waals surface area contributed by atoms with E-state index in [2.05, 4.69) is 15.9 Å². The van der Waals surface area contributed by atoms with Gasteiger partial charge in [0.05, 0.1) is 7.11 Å². The highest BCUT2D eigenvalue weighted by molar-refractivity contribution is 9.10. The van der Waals surface area contributed by atoms with Crippen LogP contribution in [0.2, 0.25) is 0 Å². The smallest absolute Gasteiger partial charge is 0.122 e. The molecule has 72 valence electrons. The molecule has 0 aliphatic rings. The molecule has 0 spiro atoms. The van der Waals surface area contributed by atoms with Crippen LogP contribution in [-0.4, -0.2) is 13.2 Å². The first-order valence-corrected chi connectivity index (χ1v) is 5.00. The first kappa shape index (κ1) is 10.5. The number of rotatable bonds is 3. The molecule has 1 atom stereocenters. The van der Waals surface area contributed by atoms with Crippen LogP contribution in [0.4, 0.5) is 0 Å². The maximum absolute atomic E-state index is 5.73. The molecule has 0 bridgehead atoms. The summed E-state index contributed by atoms with van der Waals surface area (Å²) in [4.78, 5) is 0. The average molecular weight is 244 g/mol. The minimum Gasteiger partial charge on any atom is -0.496 e. The van der Waals surface area contributed by atoms with E-state index >= 15 is 0 Å². The molecule has 1 aromatic rings. The van der Waals surface area contributed by atoms with Gasteiger partial charge in [-0.25, -0.2) is 0 Å². The van der Waals surface area contributed by atoms with Crippen LogP contribution >= 0.6 is 15.9 Å². The quantitative estimate of drug-likeness (QED) is 0.885. The third kappa shape index (κ3) is 3.01. The molecule has 0 fully saturated rings. The monoisotopic (exact) mass is 243 g/mol. The van der Waals surface area contributed by atoms with Gasteiger partial charge in [-0.15, -0.1) is 0 Å². The van der Waals surface area contributed by atoms with Crippen molar-refractivity contribution < 1.29 is 4.74 Å². The number of hydrogen-bond acceptors (Lipinski definition) is 2. The van der Waals surface area contributed by atoms with Crippen molar-refractivity contribution in [3.8, 4) is 5.75 Å². The molecule has 0 saturated heterocycles. The van der Waals surface area contributed by atoms with Gasteiger partial charge in [-0.05, 0) is 37.1 Å². The standard InChI is InChI=1S/C10H14BrNO/c1-7(12)5-8-6-9(11)3-4-10(8)13-2/h3-4,6-7H,5,12H2,1-2H3. The zero-order chi connectivity index (χ0) is 9.84. The molecule has 0 heterocycles. The Balaban J connectivity index is 2.94. The van der Waals surface area contributed by atoms with E-state index in [1.807, 2.05) is 25.1 Å². The van der Waals surface area contributed by atoms with E-state index in [-0.39, 0.29) is 6.04 Å². The van der Waals surface area contributed by atoms with Gasteiger partial charge in [0, 0.05) is 10.5 Å². The van der Waals surface area contributed by atoms with Gasteiger partial charge in [0.15, 0.2) is 0 Å². The number of hydrogen-bond donors (Lipinski definition) is 1. The number of ether oxygens (including phenoxy) is 1. The van der Waals surface area contributed by atoms with Crippen LogP contribution in [0.25, 0.3) is 0 Å². The van der Waals surface area contributed by atoms with Crippen LogP contribution in [0.3, 0.4) is 0 Å². The SMILES string of the molecule is COc1ccc(Br)cc1CC(C)N. The summed E-state index contributed by atoms with van der Waals surface area (Å²) in [5, 5.41) is 0. The van der Waals surface area contributed by atoms with E-state index in [1.165, 1.54) is 0 Å². The molecule has 0 radical (unpaired) electrons. The number of halogens is 1. The molecule has 0 aliphatic carbocycles. The van der Waals surface area contributed by atoms with Crippen LogP contribution in [-0.2, 0) is 6.42 Å². The van der Waals surface area contributed by atoms with Gasteiger partial charge < -0.3 is 10.5 Å². The Morgan fingerprint density at radius 3 is 2.77 bits per heavy atom. The lowest BCUT2D eigenvalue weighted by Gasteiger charge is -2.10. The van der Waals surface area contributed by atoms with Gasteiger partial charge in [0.25, 0.3) is 0 Å². The molecule has 2 nitrogen and oxygen atoms in total. The highest BCUT2D eigenvalue weighted by Crippen LogP contribution is 2.23. The van der Waals surface area contributed by atoms with E-state index in [4.69, 9.17) is 10.5 Å². The fourth-order valence-electron chi connectivity index (χ4n) is 1.25. The fourth-order valence-corrected chi connectivity index (χ4v) is 1.66. The zero-order valence-electron chi connectivity index (χ0n) is 7.88. The van der Waals surface area contributed by atoms with Crippen molar-refractivity contribution in [2.24, 2.45) is 5.73 Å². The molecule has 13 heavy (non-hydrogen) atoms. The Kier molecular flexibility index (Phi) is 3.75. The van der Waals surface area contributed by atoms with Crippen molar-refractivity contribution in [2.45, 2.75) is 19.4 Å². The Morgan fingerprint density at radius 1 is 1.54 bits per heavy atom. The minimum absolute atomic E-state index is 0.156. The van der Waals surface area contributed by atoms with Crippen LogP contribution in [0, 0.1) is 0 Å². The second-order valence-corrected chi connectivity index (χ2v) is 4.05. The van der Waals surface area contributed by atoms with E-state index in [0.717, 1.165) is 22.2 Å². The van der Waals surface area contributed by atoms with Crippen LogP contribution in [0.15, 0.2) is 22.7 Å². The molecular weight excluding hydrogens is 230 g/mol. The Morgan fingerprint density at radius 2 is 2.23 bits per heavy atom. The first-order valence-electron chi connectivity index (χ1n) is 4.21. The zero-order valence-corrected chi connectivity index (χ0v) is 9.47. The molecule has 0 amide bonds. The summed E-state index contributed by atoms with van der Waals surface area (Å²) < 4.78 is 6.28. The van der Waals surface area contributed by atoms with Gasteiger partial charge in [-0.2, -0.15) is 0 Å². The summed E-state index contributed by atoms with van der Waals surface area (Å²) in [5.74, 6) is 0.903. The Labute approximate surface area is 87.2 Å². The fraction of sp³-hybridized carbons (Fsp3) is 0.400. The minimum atomic E-state index is 0.156. The molecule has 3 heteroatoms. The van der Waals surface area contributed by atoms with Gasteiger partial charge in [-0.3, -0.25) is 0 Å². The molecule has 0 aromatic heterocycles. The lowest BCUT2D eigenvalue weighted by Crippen LogP contribution is -2.18. The summed E-state index contributed by atoms with van der Waals surface area (Å²) in [5.41, 5.74) is 6.87. The Hall–Kier alpha value is -0.540. The van der Waals surface area contributed by atoms with Crippen molar-refractivity contribution in [2.75, 3.05) is 7.11 Å². The molecule has 0 saturated carbocycles. The predicted molar refractivity (Wildman–Crippen MR) is 58.0 cm³/mol. The third-order valence-electron chi connectivity index (χ3n) is 1.78. The van der Waals surface area contributed by atoms with Crippen LogP contribution < -0.4 is 10.5 Å². The van der Waals surface area contributed by atoms with Crippen LogP contribution in [0.5, 0.6) is 5.75 Å². The number of methoxy groups -OCH3 is 1. The molecular formula is C10H14BrNO. The summed E-state index contributed by atoms with van der Waals surface area (Å²) in [6.07, 6.45) is 0.836. The van der Waals surface area contributed by atoms with E-state index in [0.29, 0.717) is 0 Å². The largest absolute Gasteiger partial charge is 0.496 e. The highest BCUT2D eigenvalue weighted by atomic mass is 79.9. The lowest BCUT2D eigenvalue weighted by atomic mass is 10.1. The second-order valence-electron chi connectivity index (χ2n) is 3.14. The normalized spacial score (nSPS) is 12.6. The summed E-state index contributed by atoms with van der Waals surface area (Å²) in [7, 11) is 1.67. The lowest BCUT2D eigenvalue weighted by molar-refractivity contribution is 0.408. The van der Waals surface area contributed by atoms with Gasteiger partial charge in [0.2, 0.25) is 0 Å². The molecule has 1 unspecified atom stereocenters. The maximum Gasteiger partial charge on any atom is 0.122 e. The van der Waals surface area contributed by atoms with Crippen molar-refractivity contribution in [3.63, 3.8) is 0 Å².